The fourth-order valence-electron chi connectivity index (χ4n) is 4.04. The zero-order valence-corrected chi connectivity index (χ0v) is 16.9. The number of nitrogens with zero attached hydrogens (tertiary/aromatic N) is 3. The Labute approximate surface area is 168 Å². The Hall–Kier alpha value is -2.09. The minimum Gasteiger partial charge on any atom is -0.508 e. The second-order valence-corrected chi connectivity index (χ2v) is 8.15. The number of morpholine rings is 1. The number of hydrogen-bond acceptors (Lipinski definition) is 6. The first-order valence-electron chi connectivity index (χ1n) is 9.61. The Kier molecular flexibility index (Phi) is 5.31. The molecule has 0 unspecified atom stereocenters. The van der Waals surface area contributed by atoms with Crippen molar-refractivity contribution in [2.75, 3.05) is 24.5 Å². The highest BCUT2D eigenvalue weighted by Crippen LogP contribution is 2.25. The second kappa shape index (κ2) is 7.73. The topological polar surface area (TPSA) is 81.7 Å². The van der Waals surface area contributed by atoms with E-state index in [9.17, 15) is 9.90 Å². The summed E-state index contributed by atoms with van der Waals surface area (Å²) in [7, 11) is 0. The van der Waals surface area contributed by atoms with Crippen LogP contribution >= 0.6 is 11.6 Å². The van der Waals surface area contributed by atoms with Crippen molar-refractivity contribution in [3.63, 3.8) is 0 Å². The van der Waals surface area contributed by atoms with Gasteiger partial charge in [0.25, 0.3) is 5.56 Å². The number of aromatic amines is 1. The summed E-state index contributed by atoms with van der Waals surface area (Å²) in [6.45, 7) is 7.30. The number of halogens is 1. The van der Waals surface area contributed by atoms with Gasteiger partial charge in [-0.25, -0.2) is 4.98 Å². The number of phenolic OH excluding ortho intramolecular Hbond substituents is 1. The van der Waals surface area contributed by atoms with E-state index in [2.05, 4.69) is 14.8 Å². The quantitative estimate of drug-likeness (QED) is 0.816. The van der Waals surface area contributed by atoms with Crippen LogP contribution in [0.3, 0.4) is 0 Å². The summed E-state index contributed by atoms with van der Waals surface area (Å²) < 4.78 is 5.78. The molecule has 8 heteroatoms. The van der Waals surface area contributed by atoms with Crippen molar-refractivity contribution in [1.29, 1.82) is 0 Å². The fourth-order valence-corrected chi connectivity index (χ4v) is 4.23. The molecular formula is C20H25ClN4O3. The summed E-state index contributed by atoms with van der Waals surface area (Å²) in [5.74, 6) is 0.837. The van der Waals surface area contributed by atoms with Gasteiger partial charge in [-0.3, -0.25) is 14.7 Å². The number of phenols is 1. The molecule has 0 spiro atoms. The zero-order valence-electron chi connectivity index (χ0n) is 16.1. The van der Waals surface area contributed by atoms with Crippen LogP contribution in [0.25, 0.3) is 0 Å². The number of ether oxygens (including phenoxy) is 1. The number of anilines is 1. The smallest absolute Gasteiger partial charge is 0.255 e. The summed E-state index contributed by atoms with van der Waals surface area (Å²) in [6.07, 6.45) is 0.814. The lowest BCUT2D eigenvalue weighted by atomic mass is 10.1. The first-order chi connectivity index (χ1) is 13.4. The second-order valence-electron chi connectivity index (χ2n) is 7.71. The Balaban J connectivity index is 1.56. The molecule has 1 aromatic carbocycles. The lowest BCUT2D eigenvalue weighted by Gasteiger charge is -2.36. The monoisotopic (exact) mass is 404 g/mol. The van der Waals surface area contributed by atoms with Gasteiger partial charge in [0, 0.05) is 48.9 Å². The number of aromatic nitrogens is 2. The molecule has 0 saturated carbocycles. The molecule has 0 radical (unpaired) electrons. The lowest BCUT2D eigenvalue weighted by molar-refractivity contribution is -0.00576. The van der Waals surface area contributed by atoms with E-state index in [1.54, 1.807) is 18.2 Å². The molecule has 4 rings (SSSR count). The van der Waals surface area contributed by atoms with Crippen LogP contribution < -0.4 is 10.5 Å². The molecule has 7 nitrogen and oxygen atoms in total. The molecule has 1 saturated heterocycles. The number of nitrogens with one attached hydrogen (secondary N) is 1. The van der Waals surface area contributed by atoms with Crippen LogP contribution in [0.2, 0.25) is 5.02 Å². The maximum Gasteiger partial charge on any atom is 0.255 e. The van der Waals surface area contributed by atoms with Gasteiger partial charge in [-0.1, -0.05) is 11.6 Å². The molecule has 150 valence electrons. The van der Waals surface area contributed by atoms with Crippen LogP contribution in [0.1, 0.15) is 30.7 Å². The van der Waals surface area contributed by atoms with Gasteiger partial charge in [0.05, 0.1) is 17.9 Å². The van der Waals surface area contributed by atoms with Crippen molar-refractivity contribution in [3.05, 3.63) is 50.4 Å². The van der Waals surface area contributed by atoms with Crippen LogP contribution in [0, 0.1) is 0 Å². The van der Waals surface area contributed by atoms with Crippen LogP contribution in [0.4, 0.5) is 5.95 Å². The Morgan fingerprint density at radius 2 is 2.07 bits per heavy atom. The van der Waals surface area contributed by atoms with Crippen LogP contribution in [-0.4, -0.2) is 51.8 Å². The summed E-state index contributed by atoms with van der Waals surface area (Å²) in [5, 5.41) is 10.7. The Bertz CT molecular complexity index is 922. The maximum absolute atomic E-state index is 12.6. The Morgan fingerprint density at radius 3 is 2.82 bits per heavy atom. The van der Waals surface area contributed by atoms with Crippen LogP contribution in [-0.2, 0) is 24.2 Å². The number of benzene rings is 1. The van der Waals surface area contributed by atoms with Crippen LogP contribution in [0.15, 0.2) is 23.0 Å². The van der Waals surface area contributed by atoms with Gasteiger partial charge >= 0.3 is 0 Å². The molecule has 2 aliphatic rings. The van der Waals surface area contributed by atoms with Crippen molar-refractivity contribution < 1.29 is 9.84 Å². The number of hydrogen-bond donors (Lipinski definition) is 2. The van der Waals surface area contributed by atoms with Crippen molar-refractivity contribution in [3.8, 4) is 5.75 Å². The number of H-pyrrole nitrogens is 1. The van der Waals surface area contributed by atoms with Crippen molar-refractivity contribution in [2.45, 2.75) is 45.6 Å². The maximum atomic E-state index is 12.6. The fraction of sp³-hybridized carbons (Fsp3) is 0.500. The first-order valence-corrected chi connectivity index (χ1v) is 9.99. The highest BCUT2D eigenvalue weighted by Gasteiger charge is 2.27. The zero-order chi connectivity index (χ0) is 19.8. The van der Waals surface area contributed by atoms with Gasteiger partial charge in [-0.15, -0.1) is 0 Å². The van der Waals surface area contributed by atoms with Gasteiger partial charge in [0.15, 0.2) is 0 Å². The normalized spacial score (nSPS) is 22.9. The first kappa shape index (κ1) is 19.2. The molecule has 0 bridgehead atoms. The van der Waals surface area contributed by atoms with E-state index < -0.39 is 0 Å². The average molecular weight is 405 g/mol. The van der Waals surface area contributed by atoms with E-state index in [1.807, 2.05) is 13.8 Å². The molecule has 0 amide bonds. The minimum atomic E-state index is -0.0583. The molecule has 2 atom stereocenters. The molecule has 2 N–H and O–H groups in total. The van der Waals surface area contributed by atoms with E-state index in [4.69, 9.17) is 21.3 Å². The molecular weight excluding hydrogens is 380 g/mol. The average Bonchev–Trinajstić information content (AvgIpc) is 2.63. The highest BCUT2D eigenvalue weighted by molar-refractivity contribution is 6.30. The van der Waals surface area contributed by atoms with Gasteiger partial charge < -0.3 is 14.7 Å². The van der Waals surface area contributed by atoms with Crippen LogP contribution in [0.5, 0.6) is 5.75 Å². The number of aromatic hydroxyl groups is 1. The van der Waals surface area contributed by atoms with Gasteiger partial charge in [0.1, 0.15) is 5.75 Å². The van der Waals surface area contributed by atoms with E-state index in [-0.39, 0.29) is 23.5 Å². The largest absolute Gasteiger partial charge is 0.508 e. The molecule has 2 aromatic rings. The predicted molar refractivity (Wildman–Crippen MR) is 108 cm³/mol. The van der Waals surface area contributed by atoms with Gasteiger partial charge in [-0.2, -0.15) is 0 Å². The lowest BCUT2D eigenvalue weighted by Crippen LogP contribution is -2.47. The molecule has 1 fully saturated rings. The third-order valence-electron chi connectivity index (χ3n) is 5.29. The summed E-state index contributed by atoms with van der Waals surface area (Å²) in [6, 6.07) is 5.06. The summed E-state index contributed by atoms with van der Waals surface area (Å²) in [5.41, 5.74) is 2.27. The predicted octanol–water partition coefficient (Wildman–Crippen LogP) is 2.30. The summed E-state index contributed by atoms with van der Waals surface area (Å²) >= 11 is 6.06. The van der Waals surface area contributed by atoms with Gasteiger partial charge in [0.2, 0.25) is 5.95 Å². The molecule has 0 aliphatic carbocycles. The number of rotatable bonds is 3. The summed E-state index contributed by atoms with van der Waals surface area (Å²) in [4.78, 5) is 24.6. The highest BCUT2D eigenvalue weighted by atomic mass is 35.5. The third kappa shape index (κ3) is 4.01. The number of fused-ring (bicyclic) bond motifs is 1. The van der Waals surface area contributed by atoms with Crippen molar-refractivity contribution in [2.24, 2.45) is 0 Å². The minimum absolute atomic E-state index is 0.0583. The molecule has 3 heterocycles. The Morgan fingerprint density at radius 1 is 1.32 bits per heavy atom. The van der Waals surface area contributed by atoms with Crippen molar-refractivity contribution >= 4 is 17.5 Å². The SMILES string of the molecule is C[C@@H]1CN(c2nc3c(c(=O)[nH]2)CCN(Cc2cc(Cl)ccc2O)C3)C[C@@H](C)O1. The van der Waals surface area contributed by atoms with E-state index >= 15 is 0 Å². The standard InChI is InChI=1S/C20H25ClN4O3/c1-12-8-25(9-13(2)28-12)20-22-17-11-24(6-5-16(17)19(27)23-20)10-14-7-15(21)3-4-18(14)26/h3-4,7,12-13,26H,5-6,8-11H2,1-2H3,(H,22,23,27)/t12-,13-/m1/s1. The molecule has 28 heavy (non-hydrogen) atoms. The molecule has 2 aliphatic heterocycles. The van der Waals surface area contributed by atoms with E-state index in [0.717, 1.165) is 23.4 Å². The van der Waals surface area contributed by atoms with Gasteiger partial charge in [-0.05, 0) is 38.5 Å². The van der Waals surface area contributed by atoms with E-state index in [1.165, 1.54) is 0 Å². The molecule has 1 aromatic heterocycles. The van der Waals surface area contributed by atoms with Crippen molar-refractivity contribution in [1.82, 2.24) is 14.9 Å². The van der Waals surface area contributed by atoms with E-state index in [0.29, 0.717) is 43.6 Å². The third-order valence-corrected chi connectivity index (χ3v) is 5.53.